The largest absolute Gasteiger partial charge is 0.400 e. The van der Waals surface area contributed by atoms with E-state index in [9.17, 15) is 22.9 Å². The first-order chi connectivity index (χ1) is 17.0. The molecule has 0 atom stereocenters. The molecule has 0 unspecified atom stereocenters. The summed E-state index contributed by atoms with van der Waals surface area (Å²) in [5.41, 5.74) is -2.75. The number of para-hydroxylation sites is 2. The van der Waals surface area contributed by atoms with Crippen molar-refractivity contribution in [3.63, 3.8) is 0 Å². The van der Waals surface area contributed by atoms with Crippen molar-refractivity contribution in [2.45, 2.75) is 5.66 Å². The fraction of sp³-hybridized carbons (Fsp3) is 0.0435. The third-order valence-corrected chi connectivity index (χ3v) is 7.92. The maximum Gasteiger partial charge on any atom is 0.400 e. The zero-order valence-corrected chi connectivity index (χ0v) is 21.4. The zero-order valence-electron chi connectivity index (χ0n) is 18.1. The molecule has 0 bridgehead atoms. The highest BCUT2D eigenvalue weighted by Gasteiger charge is 2.53. The van der Waals surface area contributed by atoms with E-state index in [1.54, 1.807) is 42.5 Å². The first-order valence-corrected chi connectivity index (χ1v) is 13.2. The van der Waals surface area contributed by atoms with Crippen molar-refractivity contribution in [3.8, 4) is 0 Å². The Bertz CT molecular complexity index is 1460. The molecule has 0 aliphatic carbocycles. The number of benzene rings is 3. The lowest BCUT2D eigenvalue weighted by Gasteiger charge is -2.16. The predicted molar refractivity (Wildman–Crippen MR) is 139 cm³/mol. The van der Waals surface area contributed by atoms with Gasteiger partial charge in [-0.05, 0) is 58.4 Å². The molecule has 0 aliphatic heterocycles. The van der Waals surface area contributed by atoms with Gasteiger partial charge in [0.25, 0.3) is 0 Å². The average Bonchev–Trinajstić information content (AvgIpc) is 3.17. The van der Waals surface area contributed by atoms with E-state index in [4.69, 9.17) is 9.79 Å². The lowest BCUT2D eigenvalue weighted by atomic mass is 10.2. The zero-order chi connectivity index (χ0) is 26.3. The minimum atomic E-state index is -5.68. The highest BCUT2D eigenvalue weighted by atomic mass is 79.9. The van der Waals surface area contributed by atoms with Gasteiger partial charge in [0.1, 0.15) is 4.88 Å². The molecule has 13 heteroatoms. The average molecular weight is 596 g/mol. The van der Waals surface area contributed by atoms with Crippen molar-refractivity contribution < 1.29 is 32.7 Å². The number of nitrogens with one attached hydrogen (secondary N) is 2. The van der Waals surface area contributed by atoms with Crippen LogP contribution in [0.4, 0.5) is 30.6 Å². The van der Waals surface area contributed by atoms with E-state index in [0.717, 1.165) is 0 Å². The number of hydrogen-bond acceptors (Lipinski definition) is 5. The quantitative estimate of drug-likeness (QED) is 0.110. The van der Waals surface area contributed by atoms with Crippen LogP contribution in [-0.4, -0.2) is 21.9 Å². The Balaban J connectivity index is 0.000000338. The minimum absolute atomic E-state index is 0.122. The number of aliphatic imine (C=N–C) groups is 1. The van der Waals surface area contributed by atoms with Gasteiger partial charge in [0, 0.05) is 25.9 Å². The van der Waals surface area contributed by atoms with Crippen molar-refractivity contribution in [2.75, 3.05) is 10.6 Å². The van der Waals surface area contributed by atoms with Crippen LogP contribution in [-0.2, 0) is 15.0 Å². The summed E-state index contributed by atoms with van der Waals surface area (Å²) >= 11 is 3.56. The summed E-state index contributed by atoms with van der Waals surface area (Å²) in [6, 6.07) is 21.6. The van der Waals surface area contributed by atoms with Crippen LogP contribution < -0.4 is 10.6 Å². The van der Waals surface area contributed by atoms with Crippen molar-refractivity contribution in [1.82, 2.24) is 0 Å². The number of carbonyl (C=O) groups excluding carboxylic acids is 2. The van der Waals surface area contributed by atoms with E-state index in [1.165, 1.54) is 24.3 Å². The summed E-state index contributed by atoms with van der Waals surface area (Å²) in [5, 5.41) is 5.51. The van der Waals surface area contributed by atoms with Gasteiger partial charge in [0.05, 0.1) is 5.69 Å². The topological polar surface area (TPSA) is 128 Å². The van der Waals surface area contributed by atoms with Crippen LogP contribution in [0.2, 0.25) is 0 Å². The molecule has 0 spiro atoms. The first-order valence-electron chi connectivity index (χ1n) is 9.95. The molecule has 4 N–H and O–H groups in total. The SMILES string of the molecule is O=C(Nc1ccccc1)Nc1ccc2sc(C(F)(F)P(=O)(O)O)c(Br)c2c1.O=C=Nc1ccccc1. The lowest BCUT2D eigenvalue weighted by molar-refractivity contribution is 0.0595. The van der Waals surface area contributed by atoms with Gasteiger partial charge in [-0.2, -0.15) is 13.8 Å². The van der Waals surface area contributed by atoms with Crippen LogP contribution in [0.15, 0.2) is 88.3 Å². The van der Waals surface area contributed by atoms with E-state index >= 15 is 0 Å². The number of hydrogen-bond donors (Lipinski definition) is 4. The van der Waals surface area contributed by atoms with E-state index in [2.05, 4.69) is 31.6 Å². The van der Waals surface area contributed by atoms with E-state index in [0.29, 0.717) is 38.5 Å². The van der Waals surface area contributed by atoms with E-state index in [-0.39, 0.29) is 4.47 Å². The molecule has 4 aromatic rings. The Kier molecular flexibility index (Phi) is 8.86. The van der Waals surface area contributed by atoms with Crippen LogP contribution in [0.1, 0.15) is 4.88 Å². The summed E-state index contributed by atoms with van der Waals surface area (Å²) in [4.78, 5) is 42.2. The highest BCUT2D eigenvalue weighted by molar-refractivity contribution is 9.10. The predicted octanol–water partition coefficient (Wildman–Crippen LogP) is 7.19. The summed E-state index contributed by atoms with van der Waals surface area (Å²) in [6.07, 6.45) is 1.46. The number of carbonyl (C=O) groups is 1. The van der Waals surface area contributed by atoms with Crippen LogP contribution in [0.5, 0.6) is 0 Å². The number of rotatable bonds is 5. The molecule has 4 rings (SSSR count). The Hall–Kier alpha value is -3.24. The number of alkyl halides is 2. The summed E-state index contributed by atoms with van der Waals surface area (Å²) < 4.78 is 39.5. The molecule has 2 amide bonds. The number of fused-ring (bicyclic) bond motifs is 1. The Labute approximate surface area is 216 Å². The van der Waals surface area contributed by atoms with Crippen LogP contribution in [0.25, 0.3) is 10.1 Å². The van der Waals surface area contributed by atoms with Crippen LogP contribution >= 0.6 is 34.9 Å². The number of urea groups is 1. The Morgan fingerprint density at radius 3 is 2.14 bits per heavy atom. The third-order valence-electron chi connectivity index (χ3n) is 4.49. The molecule has 0 fully saturated rings. The van der Waals surface area contributed by atoms with E-state index < -0.39 is 24.2 Å². The van der Waals surface area contributed by atoms with Gasteiger partial charge >= 0.3 is 19.3 Å². The van der Waals surface area contributed by atoms with Gasteiger partial charge in [-0.25, -0.2) is 9.59 Å². The number of thiophene rings is 1. The summed E-state index contributed by atoms with van der Waals surface area (Å²) in [7, 11) is -5.68. The van der Waals surface area contributed by atoms with Crippen LogP contribution in [0.3, 0.4) is 0 Å². The van der Waals surface area contributed by atoms with E-state index in [1.807, 2.05) is 18.2 Å². The van der Waals surface area contributed by atoms with Crippen molar-refractivity contribution >= 4 is 74.1 Å². The molecule has 0 saturated heterocycles. The minimum Gasteiger partial charge on any atom is -0.320 e. The molecule has 0 radical (unpaired) electrons. The second-order valence-corrected chi connectivity index (χ2v) is 10.5. The second-order valence-electron chi connectivity index (χ2n) is 7.03. The van der Waals surface area contributed by atoms with Crippen molar-refractivity contribution in [3.05, 3.63) is 88.2 Å². The van der Waals surface area contributed by atoms with Gasteiger partial charge in [-0.15, -0.1) is 11.3 Å². The monoisotopic (exact) mass is 595 g/mol. The Morgan fingerprint density at radius 1 is 0.972 bits per heavy atom. The first kappa shape index (κ1) is 27.3. The molecular formula is C23H17BrF2N3O5PS. The molecule has 0 saturated carbocycles. The summed E-state index contributed by atoms with van der Waals surface area (Å²) in [6.45, 7) is 0. The number of amides is 2. The fourth-order valence-corrected chi connectivity index (χ4v) is 5.76. The van der Waals surface area contributed by atoms with Gasteiger partial charge in [0.2, 0.25) is 6.08 Å². The fourth-order valence-electron chi connectivity index (χ4n) is 2.84. The normalized spacial score (nSPS) is 11.1. The van der Waals surface area contributed by atoms with Gasteiger partial charge in [-0.3, -0.25) is 4.57 Å². The second kappa shape index (κ2) is 11.7. The van der Waals surface area contributed by atoms with Gasteiger partial charge in [-0.1, -0.05) is 36.4 Å². The van der Waals surface area contributed by atoms with Crippen LogP contribution in [0, 0.1) is 0 Å². The Morgan fingerprint density at radius 2 is 1.56 bits per heavy atom. The molecule has 0 aliphatic rings. The standard InChI is InChI=1S/C16H12BrF2N2O4PS.C7H5NO/c17-13-11-8-10(21-15(22)20-9-4-2-1-3-5-9)6-7-12(11)27-14(13)16(18,19)26(23,24)25;9-6-8-7-4-2-1-3-5-7/h1-8H,(H2,20,21,22)(H2,23,24,25);1-5H. The number of isocyanates is 1. The number of halogens is 3. The molecule has 186 valence electrons. The third kappa shape index (κ3) is 6.70. The van der Waals surface area contributed by atoms with Crippen molar-refractivity contribution in [1.29, 1.82) is 0 Å². The summed E-state index contributed by atoms with van der Waals surface area (Å²) in [5.74, 6) is 0. The molecule has 3 aromatic carbocycles. The number of anilines is 2. The molecular weight excluding hydrogens is 579 g/mol. The van der Waals surface area contributed by atoms with Gasteiger partial charge < -0.3 is 20.4 Å². The molecule has 1 aromatic heterocycles. The van der Waals surface area contributed by atoms with Gasteiger partial charge in [0.15, 0.2) is 0 Å². The lowest BCUT2D eigenvalue weighted by Crippen LogP contribution is -2.19. The highest BCUT2D eigenvalue weighted by Crippen LogP contribution is 2.62. The smallest absolute Gasteiger partial charge is 0.320 e. The maximum absolute atomic E-state index is 14.1. The molecule has 1 heterocycles. The molecule has 8 nitrogen and oxygen atoms in total. The molecule has 36 heavy (non-hydrogen) atoms. The number of nitrogens with zero attached hydrogens (tertiary/aromatic N) is 1. The maximum atomic E-state index is 14.1. The van der Waals surface area contributed by atoms with Crippen molar-refractivity contribution in [2.24, 2.45) is 4.99 Å².